The summed E-state index contributed by atoms with van der Waals surface area (Å²) in [5.41, 5.74) is 1.08. The van der Waals surface area contributed by atoms with Crippen LogP contribution in [0.3, 0.4) is 0 Å². The van der Waals surface area contributed by atoms with Crippen LogP contribution in [-0.2, 0) is 20.3 Å². The van der Waals surface area contributed by atoms with Crippen LogP contribution in [0.2, 0.25) is 0 Å². The van der Waals surface area contributed by atoms with Crippen molar-refractivity contribution >= 4 is 0 Å². The van der Waals surface area contributed by atoms with E-state index in [0.29, 0.717) is 30.6 Å². The molecule has 2 aromatic rings. The van der Waals surface area contributed by atoms with Gasteiger partial charge >= 0.3 is 0 Å². The molecule has 0 bridgehead atoms. The molecule has 0 aromatic heterocycles. The Morgan fingerprint density at radius 1 is 0.794 bits per heavy atom. The van der Waals surface area contributed by atoms with E-state index in [4.69, 9.17) is 9.47 Å². The predicted molar refractivity (Wildman–Crippen MR) is 126 cm³/mol. The number of hydrogen-bond donors (Lipinski definition) is 0. The maximum absolute atomic E-state index is 14.1. The van der Waals surface area contributed by atoms with E-state index in [9.17, 15) is 13.2 Å². The fourth-order valence-electron chi connectivity index (χ4n) is 7.53. The van der Waals surface area contributed by atoms with Crippen LogP contribution < -0.4 is 0 Å². The first-order valence-corrected chi connectivity index (χ1v) is 12.9. The van der Waals surface area contributed by atoms with Gasteiger partial charge in [-0.15, -0.1) is 0 Å². The zero-order valence-electron chi connectivity index (χ0n) is 20.2. The van der Waals surface area contributed by atoms with Gasteiger partial charge in [-0.1, -0.05) is 50.1 Å². The van der Waals surface area contributed by atoms with Crippen LogP contribution in [0.15, 0.2) is 42.5 Å². The van der Waals surface area contributed by atoms with Gasteiger partial charge in [0.25, 0.3) is 0 Å². The zero-order chi connectivity index (χ0) is 23.9. The van der Waals surface area contributed by atoms with Crippen LogP contribution in [0.25, 0.3) is 0 Å². The van der Waals surface area contributed by atoms with Gasteiger partial charge in [-0.3, -0.25) is 0 Å². The molecule has 6 unspecified atom stereocenters. The molecule has 2 nitrogen and oxygen atoms in total. The number of fused-ring (bicyclic) bond motifs is 2. The third kappa shape index (κ3) is 3.71. The van der Waals surface area contributed by atoms with Crippen LogP contribution in [0.4, 0.5) is 13.2 Å². The molecule has 0 radical (unpaired) electrons. The van der Waals surface area contributed by atoms with Crippen molar-refractivity contribution in [3.8, 4) is 0 Å². The van der Waals surface area contributed by atoms with E-state index in [1.165, 1.54) is 18.9 Å². The molecule has 2 aliphatic carbocycles. The SMILES string of the molecule is CC1OCC2(c3ccccc3F)CCCC12.CCC1OCC2(c3cccc(F)c3F)CCCC12. The molecule has 4 aliphatic rings. The molecule has 34 heavy (non-hydrogen) atoms. The Morgan fingerprint density at radius 3 is 2.15 bits per heavy atom. The Balaban J connectivity index is 0.000000142. The predicted octanol–water partition coefficient (Wildman–Crippen LogP) is 7.09. The van der Waals surface area contributed by atoms with Crippen molar-refractivity contribution < 1.29 is 22.6 Å². The van der Waals surface area contributed by atoms with Gasteiger partial charge in [0.15, 0.2) is 11.6 Å². The second kappa shape index (κ2) is 9.31. The lowest BCUT2D eigenvalue weighted by atomic mass is 9.72. The molecular weight excluding hydrogens is 437 g/mol. The lowest BCUT2D eigenvalue weighted by Crippen LogP contribution is -2.33. The van der Waals surface area contributed by atoms with Gasteiger partial charge in [-0.05, 0) is 74.1 Å². The van der Waals surface area contributed by atoms with Crippen molar-refractivity contribution in [1.82, 2.24) is 0 Å². The maximum Gasteiger partial charge on any atom is 0.162 e. The number of benzene rings is 2. The van der Waals surface area contributed by atoms with E-state index < -0.39 is 11.6 Å². The largest absolute Gasteiger partial charge is 0.377 e. The van der Waals surface area contributed by atoms with Crippen LogP contribution in [0.1, 0.15) is 69.9 Å². The summed E-state index contributed by atoms with van der Waals surface area (Å²) in [6.07, 6.45) is 7.94. The van der Waals surface area contributed by atoms with Crippen LogP contribution in [0.5, 0.6) is 0 Å². The third-order valence-corrected chi connectivity index (χ3v) is 9.17. The second-order valence-electron chi connectivity index (χ2n) is 10.7. The molecule has 184 valence electrons. The Labute approximate surface area is 200 Å². The lowest BCUT2D eigenvalue weighted by molar-refractivity contribution is 0.0816. The number of ether oxygens (including phenoxy) is 2. The molecule has 2 saturated heterocycles. The quantitative estimate of drug-likeness (QED) is 0.475. The molecule has 2 aromatic carbocycles. The van der Waals surface area contributed by atoms with Gasteiger partial charge in [-0.2, -0.15) is 0 Å². The Kier molecular flexibility index (Phi) is 6.54. The number of rotatable bonds is 3. The number of hydrogen-bond acceptors (Lipinski definition) is 2. The van der Waals surface area contributed by atoms with Crippen LogP contribution >= 0.6 is 0 Å². The monoisotopic (exact) mass is 472 g/mol. The molecule has 0 spiro atoms. The zero-order valence-corrected chi connectivity index (χ0v) is 20.2. The first kappa shape index (κ1) is 23.9. The molecule has 0 amide bonds. The van der Waals surface area contributed by atoms with Gasteiger partial charge in [0.05, 0.1) is 25.4 Å². The standard InChI is InChI=1S/C15H18F2O.C14H17FO/c1-2-13-10-6-4-8-15(10,9-18-13)11-5-3-7-12(16)14(11)17;1-10-11-6-4-8-14(11,9-16-10)12-5-2-3-7-13(12)15/h3,5,7,10,13H,2,4,6,8-9H2,1H3;2-3,5,7,10-11H,4,6,8-9H2,1H3. The van der Waals surface area contributed by atoms with E-state index >= 15 is 0 Å². The summed E-state index contributed by atoms with van der Waals surface area (Å²) in [4.78, 5) is 0. The summed E-state index contributed by atoms with van der Waals surface area (Å²) in [6.45, 7) is 5.45. The highest BCUT2D eigenvalue weighted by molar-refractivity contribution is 5.33. The minimum Gasteiger partial charge on any atom is -0.377 e. The summed E-state index contributed by atoms with van der Waals surface area (Å²) in [6, 6.07) is 11.7. The topological polar surface area (TPSA) is 18.5 Å². The second-order valence-corrected chi connectivity index (χ2v) is 10.7. The van der Waals surface area contributed by atoms with E-state index in [2.05, 4.69) is 13.8 Å². The number of halogens is 3. The van der Waals surface area contributed by atoms with Gasteiger partial charge in [0.2, 0.25) is 0 Å². The maximum atomic E-state index is 14.1. The average Bonchev–Trinajstić information content (AvgIpc) is 3.58. The molecule has 6 atom stereocenters. The van der Waals surface area contributed by atoms with Crippen molar-refractivity contribution in [2.75, 3.05) is 13.2 Å². The van der Waals surface area contributed by atoms with Crippen molar-refractivity contribution in [2.24, 2.45) is 11.8 Å². The van der Waals surface area contributed by atoms with Crippen LogP contribution in [-0.4, -0.2) is 25.4 Å². The van der Waals surface area contributed by atoms with Crippen molar-refractivity contribution in [3.63, 3.8) is 0 Å². The Hall–Kier alpha value is -1.85. The molecule has 2 heterocycles. The van der Waals surface area contributed by atoms with Crippen LogP contribution in [0, 0.1) is 29.3 Å². The van der Waals surface area contributed by atoms with E-state index in [1.54, 1.807) is 24.3 Å². The summed E-state index contributed by atoms with van der Waals surface area (Å²) in [5, 5.41) is 0. The molecule has 2 saturated carbocycles. The van der Waals surface area contributed by atoms with Crippen molar-refractivity contribution in [3.05, 3.63) is 71.0 Å². The molecular formula is C29H35F3O2. The third-order valence-electron chi connectivity index (χ3n) is 9.17. The summed E-state index contributed by atoms with van der Waals surface area (Å²) < 4.78 is 53.1. The molecule has 4 fully saturated rings. The fraction of sp³-hybridized carbons (Fsp3) is 0.586. The molecule has 6 rings (SSSR count). The van der Waals surface area contributed by atoms with Crippen molar-refractivity contribution in [2.45, 2.75) is 81.8 Å². The molecule has 0 N–H and O–H groups in total. The first-order chi connectivity index (χ1) is 16.4. The Morgan fingerprint density at radius 2 is 1.41 bits per heavy atom. The summed E-state index contributed by atoms with van der Waals surface area (Å²) >= 11 is 0. The van der Waals surface area contributed by atoms with Gasteiger partial charge in [0, 0.05) is 10.8 Å². The summed E-state index contributed by atoms with van der Waals surface area (Å²) in [5.74, 6) is -0.632. The van der Waals surface area contributed by atoms with Gasteiger partial charge < -0.3 is 9.47 Å². The van der Waals surface area contributed by atoms with E-state index in [1.807, 2.05) is 12.1 Å². The highest BCUT2D eigenvalue weighted by Crippen LogP contribution is 2.54. The minimum atomic E-state index is -0.743. The van der Waals surface area contributed by atoms with Crippen molar-refractivity contribution in [1.29, 1.82) is 0 Å². The Bertz CT molecular complexity index is 1030. The highest BCUT2D eigenvalue weighted by atomic mass is 19.2. The smallest absolute Gasteiger partial charge is 0.162 e. The minimum absolute atomic E-state index is 0.0369. The summed E-state index contributed by atoms with van der Waals surface area (Å²) in [7, 11) is 0. The molecule has 2 aliphatic heterocycles. The normalized spacial score (nSPS) is 36.1. The van der Waals surface area contributed by atoms with E-state index in [0.717, 1.165) is 37.7 Å². The van der Waals surface area contributed by atoms with Gasteiger partial charge in [0.1, 0.15) is 5.82 Å². The van der Waals surface area contributed by atoms with Gasteiger partial charge in [-0.25, -0.2) is 13.2 Å². The lowest BCUT2D eigenvalue weighted by Gasteiger charge is -2.29. The highest BCUT2D eigenvalue weighted by Gasteiger charge is 2.54. The average molecular weight is 473 g/mol. The first-order valence-electron chi connectivity index (χ1n) is 12.9. The fourth-order valence-corrected chi connectivity index (χ4v) is 7.53. The molecule has 5 heteroatoms. The van der Waals surface area contributed by atoms with E-state index in [-0.39, 0.29) is 28.9 Å².